The Morgan fingerprint density at radius 1 is 1.25 bits per heavy atom. The lowest BCUT2D eigenvalue weighted by molar-refractivity contribution is -0.115. The number of hydrogen-bond acceptors (Lipinski definition) is 5. The highest BCUT2D eigenvalue weighted by Gasteiger charge is 2.16. The molecule has 0 spiro atoms. The monoisotopic (exact) mass is 326 g/mol. The van der Waals surface area contributed by atoms with Gasteiger partial charge in [-0.3, -0.25) is 4.79 Å². The summed E-state index contributed by atoms with van der Waals surface area (Å²) in [6, 6.07) is 10.9. The fourth-order valence-corrected chi connectivity index (χ4v) is 2.34. The van der Waals surface area contributed by atoms with E-state index in [2.05, 4.69) is 10.3 Å². The van der Waals surface area contributed by atoms with Crippen LogP contribution in [0.15, 0.2) is 51.5 Å². The van der Waals surface area contributed by atoms with Crippen molar-refractivity contribution in [2.75, 3.05) is 11.9 Å². The topological polar surface area (TPSA) is 88.5 Å². The molecule has 0 unspecified atom stereocenters. The van der Waals surface area contributed by atoms with E-state index in [-0.39, 0.29) is 18.9 Å². The van der Waals surface area contributed by atoms with Crippen LogP contribution in [0.25, 0.3) is 11.7 Å². The molecule has 0 atom stereocenters. The van der Waals surface area contributed by atoms with Crippen LogP contribution in [0.1, 0.15) is 17.0 Å². The van der Waals surface area contributed by atoms with Crippen LogP contribution in [0.4, 0.5) is 5.69 Å². The smallest absolute Gasteiger partial charge is 0.263 e. The summed E-state index contributed by atoms with van der Waals surface area (Å²) in [6.07, 6.45) is 2.26. The summed E-state index contributed by atoms with van der Waals surface area (Å²) >= 11 is 0. The third-order valence-corrected chi connectivity index (χ3v) is 3.59. The van der Waals surface area contributed by atoms with Gasteiger partial charge in [-0.15, -0.1) is 0 Å². The maximum Gasteiger partial charge on any atom is 0.263 e. The van der Waals surface area contributed by atoms with Crippen molar-refractivity contribution in [3.63, 3.8) is 0 Å². The zero-order valence-corrected chi connectivity index (χ0v) is 13.3. The molecule has 6 heteroatoms. The fourth-order valence-electron chi connectivity index (χ4n) is 2.34. The number of hydrogen-bond donors (Lipinski definition) is 2. The molecule has 1 amide bonds. The van der Waals surface area contributed by atoms with Crippen LogP contribution < -0.4 is 5.32 Å². The average molecular weight is 326 g/mol. The lowest BCUT2D eigenvalue weighted by Crippen LogP contribution is -2.15. The largest absolute Gasteiger partial charge is 0.459 e. The first kappa shape index (κ1) is 16.0. The number of aryl methyl sites for hydroxylation is 1. The van der Waals surface area contributed by atoms with Crippen LogP contribution in [-0.4, -0.2) is 22.6 Å². The van der Waals surface area contributed by atoms with Crippen molar-refractivity contribution in [3.05, 3.63) is 59.7 Å². The lowest BCUT2D eigenvalue weighted by atomic mass is 10.1. The van der Waals surface area contributed by atoms with Gasteiger partial charge >= 0.3 is 0 Å². The zero-order chi connectivity index (χ0) is 16.9. The number of nitrogens with one attached hydrogen (secondary N) is 1. The Kier molecular flexibility index (Phi) is 4.77. The SMILES string of the molecule is Cc1oc(-c2ccco2)nc1CC(=O)Nc1ccc(CCO)cc1. The molecule has 0 aliphatic carbocycles. The number of aromatic nitrogens is 1. The van der Waals surface area contributed by atoms with Crippen LogP contribution in [0.2, 0.25) is 0 Å². The number of furan rings is 1. The number of amides is 1. The van der Waals surface area contributed by atoms with Crippen LogP contribution in [0.5, 0.6) is 0 Å². The van der Waals surface area contributed by atoms with Gasteiger partial charge in [0.25, 0.3) is 5.89 Å². The Hall–Kier alpha value is -2.86. The number of rotatable bonds is 6. The number of benzene rings is 1. The highest BCUT2D eigenvalue weighted by molar-refractivity contribution is 5.92. The summed E-state index contributed by atoms with van der Waals surface area (Å²) in [5, 5.41) is 11.7. The molecule has 3 rings (SSSR count). The van der Waals surface area contributed by atoms with Gasteiger partial charge in [0.1, 0.15) is 5.76 Å². The summed E-state index contributed by atoms with van der Waals surface area (Å²) in [5.74, 6) is 1.32. The molecule has 0 fully saturated rings. The molecule has 0 radical (unpaired) electrons. The molecule has 24 heavy (non-hydrogen) atoms. The van der Waals surface area contributed by atoms with E-state index in [0.717, 1.165) is 5.56 Å². The maximum absolute atomic E-state index is 12.2. The van der Waals surface area contributed by atoms with Crippen molar-refractivity contribution >= 4 is 11.6 Å². The highest BCUT2D eigenvalue weighted by atomic mass is 16.4. The van der Waals surface area contributed by atoms with E-state index >= 15 is 0 Å². The Labute approximate surface area is 139 Å². The molecular weight excluding hydrogens is 308 g/mol. The number of aliphatic hydroxyl groups is 1. The Morgan fingerprint density at radius 2 is 2.04 bits per heavy atom. The van der Waals surface area contributed by atoms with Crippen molar-refractivity contribution in [2.24, 2.45) is 0 Å². The number of carbonyl (C=O) groups excluding carboxylic acids is 1. The van der Waals surface area contributed by atoms with E-state index in [4.69, 9.17) is 13.9 Å². The van der Waals surface area contributed by atoms with Gasteiger partial charge in [-0.05, 0) is 43.2 Å². The Morgan fingerprint density at radius 3 is 2.71 bits per heavy atom. The van der Waals surface area contributed by atoms with Crippen LogP contribution >= 0.6 is 0 Å². The van der Waals surface area contributed by atoms with Crippen molar-refractivity contribution in [1.82, 2.24) is 4.98 Å². The van der Waals surface area contributed by atoms with Gasteiger partial charge in [0.15, 0.2) is 5.76 Å². The van der Waals surface area contributed by atoms with Gasteiger partial charge in [0.05, 0.1) is 18.4 Å². The zero-order valence-electron chi connectivity index (χ0n) is 13.3. The highest BCUT2D eigenvalue weighted by Crippen LogP contribution is 2.22. The normalized spacial score (nSPS) is 10.8. The second-order valence-electron chi connectivity index (χ2n) is 5.39. The minimum absolute atomic E-state index is 0.106. The third-order valence-electron chi connectivity index (χ3n) is 3.59. The minimum atomic E-state index is -0.174. The first-order valence-corrected chi connectivity index (χ1v) is 7.65. The molecule has 3 aromatic rings. The predicted octanol–water partition coefficient (Wildman–Crippen LogP) is 2.96. The van der Waals surface area contributed by atoms with Crippen molar-refractivity contribution in [3.8, 4) is 11.7 Å². The molecule has 124 valence electrons. The summed E-state index contributed by atoms with van der Waals surface area (Å²) in [7, 11) is 0. The predicted molar refractivity (Wildman–Crippen MR) is 88.5 cm³/mol. The molecule has 2 aromatic heterocycles. The average Bonchev–Trinajstić information content (AvgIpc) is 3.20. The van der Waals surface area contributed by atoms with E-state index in [0.29, 0.717) is 35.2 Å². The van der Waals surface area contributed by atoms with E-state index in [1.165, 1.54) is 0 Å². The number of aliphatic hydroxyl groups excluding tert-OH is 1. The van der Waals surface area contributed by atoms with Crippen molar-refractivity contribution in [1.29, 1.82) is 0 Å². The summed E-state index contributed by atoms with van der Waals surface area (Å²) in [5.41, 5.74) is 2.30. The fraction of sp³-hybridized carbons (Fsp3) is 0.222. The summed E-state index contributed by atoms with van der Waals surface area (Å²) in [6.45, 7) is 1.88. The van der Waals surface area contributed by atoms with E-state index in [1.54, 1.807) is 25.3 Å². The molecule has 0 bridgehead atoms. The van der Waals surface area contributed by atoms with E-state index < -0.39 is 0 Å². The van der Waals surface area contributed by atoms with Crippen molar-refractivity contribution in [2.45, 2.75) is 19.8 Å². The quantitative estimate of drug-likeness (QED) is 0.727. The molecule has 0 saturated carbocycles. The number of anilines is 1. The third kappa shape index (κ3) is 3.72. The number of carbonyl (C=O) groups is 1. The van der Waals surface area contributed by atoms with E-state index in [9.17, 15) is 4.79 Å². The van der Waals surface area contributed by atoms with Crippen LogP contribution in [0, 0.1) is 6.92 Å². The van der Waals surface area contributed by atoms with Crippen molar-refractivity contribution < 1.29 is 18.7 Å². The number of oxazole rings is 1. The molecule has 0 aliphatic rings. The van der Waals surface area contributed by atoms with Gasteiger partial charge in [-0.25, -0.2) is 4.98 Å². The molecule has 0 saturated heterocycles. The first-order valence-electron chi connectivity index (χ1n) is 7.65. The standard InChI is InChI=1S/C18H18N2O4/c1-12-15(20-18(24-12)16-3-2-10-23-16)11-17(22)19-14-6-4-13(5-7-14)8-9-21/h2-7,10,21H,8-9,11H2,1H3,(H,19,22). The molecule has 6 nitrogen and oxygen atoms in total. The van der Waals surface area contributed by atoms with Gasteiger partial charge in [0, 0.05) is 12.3 Å². The number of nitrogens with zero attached hydrogens (tertiary/aromatic N) is 1. The molecular formula is C18H18N2O4. The molecule has 2 N–H and O–H groups in total. The molecule has 0 aliphatic heterocycles. The first-order chi connectivity index (χ1) is 11.7. The van der Waals surface area contributed by atoms with Crippen LogP contribution in [-0.2, 0) is 17.6 Å². The Bertz CT molecular complexity index is 804. The van der Waals surface area contributed by atoms with Crippen LogP contribution in [0.3, 0.4) is 0 Å². The summed E-state index contributed by atoms with van der Waals surface area (Å²) in [4.78, 5) is 16.5. The van der Waals surface area contributed by atoms with Gasteiger partial charge in [0.2, 0.25) is 5.91 Å². The minimum Gasteiger partial charge on any atom is -0.459 e. The molecule has 1 aromatic carbocycles. The summed E-state index contributed by atoms with van der Waals surface area (Å²) < 4.78 is 10.8. The van der Waals surface area contributed by atoms with Gasteiger partial charge in [-0.2, -0.15) is 0 Å². The van der Waals surface area contributed by atoms with Gasteiger partial charge < -0.3 is 19.3 Å². The second kappa shape index (κ2) is 7.14. The lowest BCUT2D eigenvalue weighted by Gasteiger charge is -2.05. The maximum atomic E-state index is 12.2. The Balaban J connectivity index is 1.64. The second-order valence-corrected chi connectivity index (χ2v) is 5.39. The van der Waals surface area contributed by atoms with E-state index in [1.807, 2.05) is 24.3 Å². The molecule has 2 heterocycles. The van der Waals surface area contributed by atoms with Gasteiger partial charge in [-0.1, -0.05) is 12.1 Å².